The molecule has 23 atom stereocenters. The van der Waals surface area contributed by atoms with Crippen molar-refractivity contribution in [2.75, 3.05) is 20.2 Å². The summed E-state index contributed by atoms with van der Waals surface area (Å²) in [4.78, 5) is 124. The van der Waals surface area contributed by atoms with Crippen LogP contribution in [0.4, 0.5) is 0 Å². The summed E-state index contributed by atoms with van der Waals surface area (Å²) in [5.74, 6) is -17.0. The maximum Gasteiger partial charge on any atom is 0.330 e. The second-order valence-corrected chi connectivity index (χ2v) is 35.6. The van der Waals surface area contributed by atoms with Crippen molar-refractivity contribution in [1.29, 1.82) is 0 Å². The van der Waals surface area contributed by atoms with E-state index in [1.165, 1.54) is 75.6 Å². The summed E-state index contributed by atoms with van der Waals surface area (Å²) in [6.07, 6.45) is -28.7. The van der Waals surface area contributed by atoms with Gasteiger partial charge in [-0.1, -0.05) is 72.9 Å². The molecule has 45 heteroatoms. The molecular weight excluding hydrogens is 1780 g/mol. The summed E-state index contributed by atoms with van der Waals surface area (Å²) in [7, 11) is -2.61. The van der Waals surface area contributed by atoms with Crippen molar-refractivity contribution in [3.8, 4) is 57.1 Å². The van der Waals surface area contributed by atoms with Crippen molar-refractivity contribution in [3.63, 3.8) is 0 Å². The number of aromatic nitrogens is 1. The molecule has 0 aliphatic carbocycles. The number of likely N-dealkylation sites (N-methyl/N-ethyl adjacent to an activating group) is 1. The first-order chi connectivity index (χ1) is 61.0. The summed E-state index contributed by atoms with van der Waals surface area (Å²) < 4.78 is 77.7. The summed E-state index contributed by atoms with van der Waals surface area (Å²) in [5.41, 5.74) is 8.30. The number of carboxylic acids is 1. The van der Waals surface area contributed by atoms with E-state index in [-0.39, 0.29) is 52.9 Å². The van der Waals surface area contributed by atoms with E-state index < -0.39 is 294 Å². The Morgan fingerprint density at radius 2 is 1.29 bits per heavy atom. The lowest BCUT2D eigenvalue weighted by atomic mass is 9.86. The van der Waals surface area contributed by atoms with Crippen LogP contribution in [0.3, 0.4) is 0 Å². The number of rotatable bonds is 21. The van der Waals surface area contributed by atoms with E-state index in [0.717, 1.165) is 66.7 Å². The number of hydrogen-bond donors (Lipinski definition) is 22. The minimum absolute atomic E-state index is 0.0469. The van der Waals surface area contributed by atoms with Crippen molar-refractivity contribution < 1.29 is 146 Å². The number of carbonyl (C=O) groups excluding carboxylic acids is 7. The fourth-order valence-electron chi connectivity index (χ4n) is 15.8. The van der Waals surface area contributed by atoms with Crippen LogP contribution in [0.5, 0.6) is 46.0 Å². The molecule has 0 spiro atoms. The Balaban J connectivity index is 0.949. The van der Waals surface area contributed by atoms with E-state index in [1.807, 2.05) is 0 Å². The Hall–Kier alpha value is -10.8. The van der Waals surface area contributed by atoms with Crippen molar-refractivity contribution in [2.45, 2.75) is 203 Å². The SMILES string of the molecule is CN[C@H](CC(C)C)C(=O)NC1C(=O)N[C@@H](CC(N)=O)C(=O)N[C@H]2C(=O)N[C@H]3C(=O)N[C@H](C(=O)N[C@@H](C(=O)O)c4cc(O)cc(O)c4-c4cc3ccc4O)[C@H](O[C@H]3C[C@](C)(N)[C@@H](O)[C@H](C)O3)c3ccc(c(Cl)c3)Oc3cc2cc(c3O[C@@H]2O[C@H](CO)[C@@H](O[C@@H]3O[C@H](CNCc4ccc(S(=O)(=O)c5ccc(Cl)cc5)nc4)[C@H](O)[C@H](O)[C@H]3O)[C@H](O)[C@H]2O)Oc2ccc(cc2Cl)[C@H]1O. The highest BCUT2D eigenvalue weighted by atomic mass is 35.5. The average molecular weight is 1880 g/mol. The van der Waals surface area contributed by atoms with Gasteiger partial charge in [0.2, 0.25) is 63.2 Å². The third kappa shape index (κ3) is 20.8. The molecule has 8 aliphatic rings. The van der Waals surface area contributed by atoms with Crippen molar-refractivity contribution in [1.82, 2.24) is 47.5 Å². The van der Waals surface area contributed by atoms with E-state index in [9.17, 15) is 84.1 Å². The van der Waals surface area contributed by atoms with Crippen LogP contribution in [0.2, 0.25) is 15.1 Å². The molecular formula is C84H94Cl3N11O30S. The number of phenolic OH excluding ortho intramolecular Hbond substituents is 3. The van der Waals surface area contributed by atoms with Crippen LogP contribution < -0.4 is 68.2 Å². The predicted molar refractivity (Wildman–Crippen MR) is 448 cm³/mol. The average Bonchev–Trinajstić information content (AvgIpc) is 0.761. The lowest BCUT2D eigenvalue weighted by molar-refractivity contribution is -0.350. The van der Waals surface area contributed by atoms with Gasteiger partial charge in [0.1, 0.15) is 120 Å². The number of nitrogens with one attached hydrogen (secondary N) is 8. The smallest absolute Gasteiger partial charge is 0.330 e. The van der Waals surface area contributed by atoms with Crippen LogP contribution in [0, 0.1) is 5.92 Å². The van der Waals surface area contributed by atoms with Gasteiger partial charge >= 0.3 is 5.97 Å². The third-order valence-electron chi connectivity index (χ3n) is 22.6. The number of aromatic hydroxyl groups is 3. The number of ether oxygens (including phenoxy) is 8. The Bertz CT molecular complexity index is 5540. The first-order valence-electron chi connectivity index (χ1n) is 40.3. The van der Waals surface area contributed by atoms with E-state index in [1.54, 1.807) is 13.8 Å². The highest BCUT2D eigenvalue weighted by Crippen LogP contribution is 2.51. The quantitative estimate of drug-likeness (QED) is 0.0469. The van der Waals surface area contributed by atoms with Gasteiger partial charge < -0.3 is 153 Å². The van der Waals surface area contributed by atoms with Crippen LogP contribution in [-0.4, -0.2) is 252 Å². The number of aliphatic hydroxyl groups excluding tert-OH is 8. The molecule has 7 aromatic rings. The van der Waals surface area contributed by atoms with E-state index in [0.29, 0.717) is 10.6 Å². The number of nitrogens with zero attached hydrogens (tertiary/aromatic N) is 1. The van der Waals surface area contributed by atoms with Gasteiger partial charge in [0.15, 0.2) is 35.1 Å². The number of phenols is 3. The maximum atomic E-state index is 16.4. The topological polar surface area (TPSA) is 648 Å². The second kappa shape index (κ2) is 39.5. The van der Waals surface area contributed by atoms with Crippen LogP contribution >= 0.6 is 34.8 Å². The van der Waals surface area contributed by atoms with E-state index in [4.69, 9.17) is 84.2 Å². The monoisotopic (exact) mass is 1870 g/mol. The fourth-order valence-corrected chi connectivity index (χ4v) is 17.5. The molecule has 41 nitrogen and oxygen atoms in total. The molecule has 7 amide bonds. The largest absolute Gasteiger partial charge is 0.508 e. The highest BCUT2D eigenvalue weighted by molar-refractivity contribution is 7.91. The Morgan fingerprint density at radius 1 is 0.667 bits per heavy atom. The number of benzene rings is 6. The van der Waals surface area contributed by atoms with Crippen LogP contribution in [0.1, 0.15) is 111 Å². The van der Waals surface area contributed by atoms with Crippen molar-refractivity contribution >= 4 is 92.0 Å². The number of halogens is 3. The molecule has 9 heterocycles. The first-order valence-corrected chi connectivity index (χ1v) is 42.9. The minimum Gasteiger partial charge on any atom is -0.508 e. The number of carbonyl (C=O) groups is 8. The van der Waals surface area contributed by atoms with Crippen molar-refractivity contribution in [3.05, 3.63) is 170 Å². The van der Waals surface area contributed by atoms with Gasteiger partial charge in [0.05, 0.1) is 46.2 Å². The van der Waals surface area contributed by atoms with Crippen LogP contribution in [0.15, 0.2) is 131 Å². The number of sulfone groups is 1. The van der Waals surface area contributed by atoms with E-state index >= 15 is 24.0 Å². The molecule has 3 fully saturated rings. The third-order valence-corrected chi connectivity index (χ3v) is 25.1. The minimum atomic E-state index is -4.06. The van der Waals surface area contributed by atoms with Gasteiger partial charge in [-0.15, -0.1) is 0 Å². The number of fused-ring (bicyclic) bond motifs is 15. The Kier molecular flexibility index (Phi) is 29.3. The van der Waals surface area contributed by atoms with Crippen LogP contribution in [0.25, 0.3) is 11.1 Å². The van der Waals surface area contributed by atoms with Crippen molar-refractivity contribution in [2.24, 2.45) is 17.4 Å². The molecule has 6 aromatic carbocycles. The number of primary amides is 1. The summed E-state index contributed by atoms with van der Waals surface area (Å²) in [5, 5.41) is 159. The molecule has 15 rings (SSSR count). The zero-order valence-corrected chi connectivity index (χ0v) is 72.0. The maximum absolute atomic E-state index is 16.4. The molecule has 24 N–H and O–H groups in total. The Morgan fingerprint density at radius 3 is 1.91 bits per heavy atom. The Labute approximate surface area is 749 Å². The molecule has 692 valence electrons. The summed E-state index contributed by atoms with van der Waals surface area (Å²) >= 11 is 20.5. The number of aliphatic hydroxyl groups is 8. The molecule has 1 aromatic heterocycles. The summed E-state index contributed by atoms with van der Waals surface area (Å²) in [6.45, 7) is 4.97. The molecule has 0 saturated carbocycles. The van der Waals surface area contributed by atoms with Gasteiger partial charge in [0, 0.05) is 59.0 Å². The lowest BCUT2D eigenvalue weighted by Crippen LogP contribution is -2.65. The fraction of sp³-hybridized carbons (Fsp3) is 0.417. The molecule has 129 heavy (non-hydrogen) atoms. The first kappa shape index (κ1) is 95.8. The zero-order chi connectivity index (χ0) is 93.4. The van der Waals surface area contributed by atoms with Gasteiger partial charge in [-0.05, 0) is 146 Å². The lowest BCUT2D eigenvalue weighted by Gasteiger charge is -2.46. The standard InChI is InChI=1S/C84H94Cl3N11O30S/c1-32(2)18-46(90-5)75(111)97-63-65(104)36-8-15-50(44(86)20-36)122-52-22-38-23-53(72(52)127-83-70(109)68(107)73(55(31-99)125-83)128-82-69(108)67(106)66(105)54(124-82)30-91-28-34-6-17-57(92-29-34)129(119,120)41-12-10-39(85)11-13-41)123-51-16-9-37(21-45(51)87)71(126-58-27-84(4,89)74(110)33(3)121-58)64-80(116)96-62(81(117)118)43-24-40(100)25-49(102)59(43)42-19-35(7-14-48(42)101)60(77(113)98-64)95-78(114)61(38)94-76(112)47(26-56(88)103)93-79(63)115/h6-17,19-25,29,32-33,46-47,54-55,58,60-71,73-74,82-83,90-91,99-102,104-110H,18,26-28,30-31,89H2,1-5H3,(H2,88,103)(H,93,115)(H,94,112)(H,95,114)(H,96,116)(H,97,111)(H,98,113)(H,117,118)/t33-,46+,47-,54+,55+,58-,60+,61+,62+,63?,64-,65+,66-,67-,68+,69+,70+,71+,73+,74-,82-,83-,84-/m0/s1. The van der Waals surface area contributed by atoms with Gasteiger partial charge in [-0.2, -0.15) is 0 Å². The number of hydrogen-bond acceptors (Lipinski definition) is 33. The molecule has 0 radical (unpaired) electrons. The molecule has 1 unspecified atom stereocenters. The van der Waals surface area contributed by atoms with Gasteiger partial charge in [-0.3, -0.25) is 33.6 Å². The number of pyridine rings is 1. The predicted octanol–water partition coefficient (Wildman–Crippen LogP) is 0.609. The molecule has 3 saturated heterocycles. The number of amides is 7. The summed E-state index contributed by atoms with van der Waals surface area (Å²) in [6, 6.07) is 6.83. The second-order valence-electron chi connectivity index (χ2n) is 32.4. The van der Waals surface area contributed by atoms with Gasteiger partial charge in [0.25, 0.3) is 0 Å². The normalized spacial score (nSPS) is 29.3. The van der Waals surface area contributed by atoms with E-state index in [2.05, 4.69) is 47.5 Å². The van der Waals surface area contributed by atoms with Gasteiger partial charge in [-0.25, -0.2) is 18.2 Å². The number of carboxylic acid groups (broad SMARTS) is 1. The number of nitrogens with two attached hydrogens (primary N) is 2. The molecule has 11 bridgehead atoms. The molecule has 8 aliphatic heterocycles. The zero-order valence-electron chi connectivity index (χ0n) is 68.9. The number of aliphatic carboxylic acids is 1. The highest BCUT2D eigenvalue weighted by Gasteiger charge is 2.53. The van der Waals surface area contributed by atoms with Crippen LogP contribution in [-0.2, 0) is 78.4 Å².